The second kappa shape index (κ2) is 9.51. The first-order chi connectivity index (χ1) is 11.2. The molecule has 23 heavy (non-hydrogen) atoms. The van der Waals surface area contributed by atoms with Crippen molar-refractivity contribution in [2.45, 2.75) is 32.6 Å². The standard InChI is InChI=1S/C20H30N2O/c1-3-13-22(14-11-18-8-5-4-6-9-18)20(23)15-17(2)19-10-7-12-21-16-19/h3-6,8-9,17,19,21H,1,7,10-16H2,2H3. The molecule has 1 aliphatic rings. The van der Waals surface area contributed by atoms with Gasteiger partial charge in [-0.2, -0.15) is 0 Å². The maximum absolute atomic E-state index is 12.7. The van der Waals surface area contributed by atoms with E-state index < -0.39 is 0 Å². The lowest BCUT2D eigenvalue weighted by Crippen LogP contribution is -2.38. The Balaban J connectivity index is 1.85. The molecule has 1 aliphatic heterocycles. The van der Waals surface area contributed by atoms with Gasteiger partial charge in [-0.05, 0) is 49.8 Å². The van der Waals surface area contributed by atoms with Gasteiger partial charge in [0.15, 0.2) is 0 Å². The van der Waals surface area contributed by atoms with Crippen LogP contribution in [-0.2, 0) is 11.2 Å². The largest absolute Gasteiger partial charge is 0.339 e. The van der Waals surface area contributed by atoms with Gasteiger partial charge in [0, 0.05) is 19.5 Å². The van der Waals surface area contributed by atoms with E-state index in [1.165, 1.54) is 18.4 Å². The van der Waals surface area contributed by atoms with Crippen LogP contribution in [0.1, 0.15) is 31.7 Å². The molecule has 1 aromatic rings. The van der Waals surface area contributed by atoms with Crippen LogP contribution in [0.15, 0.2) is 43.0 Å². The maximum Gasteiger partial charge on any atom is 0.223 e. The van der Waals surface area contributed by atoms with Gasteiger partial charge in [-0.3, -0.25) is 4.79 Å². The predicted octanol–water partition coefficient (Wildman–Crippen LogP) is 3.27. The third-order valence-corrected chi connectivity index (χ3v) is 4.85. The first-order valence-electron chi connectivity index (χ1n) is 8.84. The number of hydrogen-bond donors (Lipinski definition) is 1. The average molecular weight is 314 g/mol. The summed E-state index contributed by atoms with van der Waals surface area (Å²) in [6, 6.07) is 10.4. The summed E-state index contributed by atoms with van der Waals surface area (Å²) >= 11 is 0. The highest BCUT2D eigenvalue weighted by atomic mass is 16.2. The number of nitrogens with zero attached hydrogens (tertiary/aromatic N) is 1. The Kier molecular flexibility index (Phi) is 7.34. The molecule has 0 aromatic heterocycles. The molecule has 0 aliphatic carbocycles. The maximum atomic E-state index is 12.7. The summed E-state index contributed by atoms with van der Waals surface area (Å²) < 4.78 is 0. The van der Waals surface area contributed by atoms with E-state index >= 15 is 0 Å². The minimum atomic E-state index is 0.263. The molecule has 1 aromatic carbocycles. The van der Waals surface area contributed by atoms with Crippen LogP contribution >= 0.6 is 0 Å². The fourth-order valence-electron chi connectivity index (χ4n) is 3.32. The number of amides is 1. The summed E-state index contributed by atoms with van der Waals surface area (Å²) in [5.41, 5.74) is 1.28. The fraction of sp³-hybridized carbons (Fsp3) is 0.550. The van der Waals surface area contributed by atoms with Crippen molar-refractivity contribution < 1.29 is 4.79 Å². The number of benzene rings is 1. The molecule has 1 amide bonds. The summed E-state index contributed by atoms with van der Waals surface area (Å²) in [4.78, 5) is 14.6. The Hall–Kier alpha value is -1.61. The lowest BCUT2D eigenvalue weighted by Gasteiger charge is -2.30. The zero-order valence-corrected chi connectivity index (χ0v) is 14.3. The van der Waals surface area contributed by atoms with Gasteiger partial charge in [0.05, 0.1) is 0 Å². The van der Waals surface area contributed by atoms with Gasteiger partial charge < -0.3 is 10.2 Å². The van der Waals surface area contributed by atoms with Crippen molar-refractivity contribution in [3.63, 3.8) is 0 Å². The first kappa shape index (κ1) is 17.7. The summed E-state index contributed by atoms with van der Waals surface area (Å²) in [5.74, 6) is 1.34. The van der Waals surface area contributed by atoms with Gasteiger partial charge in [-0.1, -0.05) is 43.3 Å². The van der Waals surface area contributed by atoms with Crippen LogP contribution in [0.25, 0.3) is 0 Å². The zero-order chi connectivity index (χ0) is 16.5. The molecule has 0 spiro atoms. The number of nitrogens with one attached hydrogen (secondary N) is 1. The normalized spacial score (nSPS) is 19.1. The third-order valence-electron chi connectivity index (χ3n) is 4.85. The second-order valence-corrected chi connectivity index (χ2v) is 6.65. The second-order valence-electron chi connectivity index (χ2n) is 6.65. The SMILES string of the molecule is C=CCN(CCc1ccccc1)C(=O)CC(C)C1CCCNC1. The van der Waals surface area contributed by atoms with E-state index in [0.29, 0.717) is 24.8 Å². The third kappa shape index (κ3) is 5.83. The smallest absolute Gasteiger partial charge is 0.223 e. The highest BCUT2D eigenvalue weighted by Crippen LogP contribution is 2.23. The number of hydrogen-bond acceptors (Lipinski definition) is 2. The molecule has 1 N–H and O–H groups in total. The lowest BCUT2D eigenvalue weighted by atomic mass is 9.85. The summed E-state index contributed by atoms with van der Waals surface area (Å²) in [5, 5.41) is 3.45. The monoisotopic (exact) mass is 314 g/mol. The summed E-state index contributed by atoms with van der Waals surface area (Å²) in [7, 11) is 0. The van der Waals surface area contributed by atoms with E-state index in [-0.39, 0.29) is 5.91 Å². The van der Waals surface area contributed by atoms with E-state index in [0.717, 1.165) is 26.1 Å². The molecule has 3 heteroatoms. The topological polar surface area (TPSA) is 32.3 Å². The fourth-order valence-corrected chi connectivity index (χ4v) is 3.32. The predicted molar refractivity (Wildman–Crippen MR) is 96.3 cm³/mol. The molecule has 1 heterocycles. The van der Waals surface area contributed by atoms with Gasteiger partial charge in [0.2, 0.25) is 5.91 Å². The van der Waals surface area contributed by atoms with Crippen molar-refractivity contribution in [3.8, 4) is 0 Å². The van der Waals surface area contributed by atoms with Gasteiger partial charge in [-0.25, -0.2) is 0 Å². The summed E-state index contributed by atoms with van der Waals surface area (Å²) in [6.45, 7) is 9.61. The molecule has 1 fully saturated rings. The Bertz CT molecular complexity index is 480. The molecule has 3 nitrogen and oxygen atoms in total. The lowest BCUT2D eigenvalue weighted by molar-refractivity contribution is -0.132. The average Bonchev–Trinajstić information content (AvgIpc) is 2.60. The molecule has 1 saturated heterocycles. The van der Waals surface area contributed by atoms with Crippen LogP contribution in [0.2, 0.25) is 0 Å². The first-order valence-corrected chi connectivity index (χ1v) is 8.84. The molecular formula is C20H30N2O. The van der Waals surface area contributed by atoms with E-state index in [1.807, 2.05) is 29.2 Å². The molecule has 2 rings (SSSR count). The molecular weight excluding hydrogens is 284 g/mol. The minimum Gasteiger partial charge on any atom is -0.339 e. The van der Waals surface area contributed by atoms with Crippen molar-refractivity contribution in [3.05, 3.63) is 48.6 Å². The Morgan fingerprint density at radius 1 is 1.43 bits per heavy atom. The van der Waals surface area contributed by atoms with Crippen molar-refractivity contribution in [1.29, 1.82) is 0 Å². The molecule has 0 saturated carbocycles. The highest BCUT2D eigenvalue weighted by Gasteiger charge is 2.24. The summed E-state index contributed by atoms with van der Waals surface area (Å²) in [6.07, 6.45) is 5.85. The van der Waals surface area contributed by atoms with E-state index in [2.05, 4.69) is 31.0 Å². The van der Waals surface area contributed by atoms with Crippen molar-refractivity contribution in [2.24, 2.45) is 11.8 Å². The van der Waals surface area contributed by atoms with E-state index in [1.54, 1.807) is 0 Å². The van der Waals surface area contributed by atoms with Crippen molar-refractivity contribution in [1.82, 2.24) is 10.2 Å². The van der Waals surface area contributed by atoms with E-state index in [9.17, 15) is 4.79 Å². The van der Waals surface area contributed by atoms with Gasteiger partial charge in [0.25, 0.3) is 0 Å². The minimum absolute atomic E-state index is 0.263. The molecule has 2 atom stereocenters. The number of rotatable bonds is 8. The number of carbonyl (C=O) groups is 1. The van der Waals surface area contributed by atoms with Crippen LogP contribution in [0, 0.1) is 11.8 Å². The van der Waals surface area contributed by atoms with Crippen molar-refractivity contribution >= 4 is 5.91 Å². The Labute approximate surface area is 140 Å². The van der Waals surface area contributed by atoms with Crippen LogP contribution < -0.4 is 5.32 Å². The van der Waals surface area contributed by atoms with Gasteiger partial charge >= 0.3 is 0 Å². The Morgan fingerprint density at radius 3 is 2.87 bits per heavy atom. The van der Waals surface area contributed by atoms with Crippen molar-refractivity contribution in [2.75, 3.05) is 26.2 Å². The quantitative estimate of drug-likeness (QED) is 0.747. The van der Waals surface area contributed by atoms with Crippen LogP contribution in [0.3, 0.4) is 0 Å². The van der Waals surface area contributed by atoms with Crippen LogP contribution in [0.5, 0.6) is 0 Å². The molecule has 126 valence electrons. The number of carbonyl (C=O) groups excluding carboxylic acids is 1. The Morgan fingerprint density at radius 2 is 2.22 bits per heavy atom. The highest BCUT2D eigenvalue weighted by molar-refractivity contribution is 5.76. The van der Waals surface area contributed by atoms with E-state index in [4.69, 9.17) is 0 Å². The molecule has 0 radical (unpaired) electrons. The molecule has 0 bridgehead atoms. The van der Waals surface area contributed by atoms with Gasteiger partial charge in [0.1, 0.15) is 0 Å². The van der Waals surface area contributed by atoms with Crippen LogP contribution in [0.4, 0.5) is 0 Å². The number of piperidine rings is 1. The zero-order valence-electron chi connectivity index (χ0n) is 14.3. The van der Waals surface area contributed by atoms with Gasteiger partial charge in [-0.15, -0.1) is 6.58 Å². The molecule has 2 unspecified atom stereocenters. The van der Waals surface area contributed by atoms with Crippen LogP contribution in [-0.4, -0.2) is 37.0 Å².